The molecule has 0 aromatic carbocycles. The van der Waals surface area contributed by atoms with E-state index >= 15 is 0 Å². The monoisotopic (exact) mass is 227 g/mol. The van der Waals surface area contributed by atoms with Gasteiger partial charge in [-0.1, -0.05) is 38.3 Å². The van der Waals surface area contributed by atoms with E-state index in [0.717, 1.165) is 12.8 Å². The molecular formula is C11H18ClN3. The SMILES string of the molecule is CCCC(CCC)Nc1ncc(Cl)cn1. The second-order valence-electron chi connectivity index (χ2n) is 3.64. The molecule has 0 unspecified atom stereocenters. The van der Waals surface area contributed by atoms with Crippen LogP contribution >= 0.6 is 11.6 Å². The van der Waals surface area contributed by atoms with Gasteiger partial charge in [-0.2, -0.15) is 0 Å². The van der Waals surface area contributed by atoms with Gasteiger partial charge in [0.1, 0.15) is 0 Å². The smallest absolute Gasteiger partial charge is 0.222 e. The zero-order valence-corrected chi connectivity index (χ0v) is 10.1. The van der Waals surface area contributed by atoms with Crippen LogP contribution in [0, 0.1) is 0 Å². The highest BCUT2D eigenvalue weighted by Crippen LogP contribution is 2.11. The molecule has 0 radical (unpaired) electrons. The average molecular weight is 228 g/mol. The topological polar surface area (TPSA) is 37.8 Å². The lowest BCUT2D eigenvalue weighted by Gasteiger charge is -2.16. The summed E-state index contributed by atoms with van der Waals surface area (Å²) in [6.07, 6.45) is 7.88. The fourth-order valence-corrected chi connectivity index (χ4v) is 1.65. The summed E-state index contributed by atoms with van der Waals surface area (Å²) in [5.74, 6) is 0.673. The fraction of sp³-hybridized carbons (Fsp3) is 0.636. The number of hydrogen-bond acceptors (Lipinski definition) is 3. The molecule has 1 aromatic rings. The molecule has 1 aromatic heterocycles. The molecule has 3 nitrogen and oxygen atoms in total. The van der Waals surface area contributed by atoms with Crippen LogP contribution in [0.5, 0.6) is 0 Å². The van der Waals surface area contributed by atoms with E-state index in [4.69, 9.17) is 11.6 Å². The average Bonchev–Trinajstić information content (AvgIpc) is 2.22. The van der Waals surface area contributed by atoms with Gasteiger partial charge in [0, 0.05) is 6.04 Å². The molecule has 0 atom stereocenters. The highest BCUT2D eigenvalue weighted by Gasteiger charge is 2.07. The van der Waals surface area contributed by atoms with Crippen LogP contribution in [0.15, 0.2) is 12.4 Å². The molecule has 1 rings (SSSR count). The number of nitrogens with zero attached hydrogens (tertiary/aromatic N) is 2. The van der Waals surface area contributed by atoms with Gasteiger partial charge in [-0.3, -0.25) is 0 Å². The number of nitrogens with one attached hydrogen (secondary N) is 1. The van der Waals surface area contributed by atoms with Crippen molar-refractivity contribution in [2.45, 2.75) is 45.6 Å². The van der Waals surface area contributed by atoms with Gasteiger partial charge in [-0.05, 0) is 12.8 Å². The maximum Gasteiger partial charge on any atom is 0.222 e. The summed E-state index contributed by atoms with van der Waals surface area (Å²) < 4.78 is 0. The fourth-order valence-electron chi connectivity index (χ4n) is 1.55. The first-order valence-corrected chi connectivity index (χ1v) is 5.88. The van der Waals surface area contributed by atoms with Crippen molar-refractivity contribution in [3.8, 4) is 0 Å². The van der Waals surface area contributed by atoms with Crippen molar-refractivity contribution in [1.29, 1.82) is 0 Å². The first kappa shape index (κ1) is 12.2. The molecule has 0 aliphatic carbocycles. The Morgan fingerprint density at radius 3 is 2.20 bits per heavy atom. The maximum atomic E-state index is 5.72. The minimum atomic E-state index is 0.473. The lowest BCUT2D eigenvalue weighted by Crippen LogP contribution is -2.20. The van der Waals surface area contributed by atoms with Gasteiger partial charge in [-0.25, -0.2) is 9.97 Å². The summed E-state index contributed by atoms with van der Waals surface area (Å²) in [5.41, 5.74) is 0. The molecular weight excluding hydrogens is 210 g/mol. The highest BCUT2D eigenvalue weighted by molar-refractivity contribution is 6.30. The van der Waals surface area contributed by atoms with E-state index in [1.54, 1.807) is 12.4 Å². The summed E-state index contributed by atoms with van der Waals surface area (Å²) in [6.45, 7) is 4.38. The summed E-state index contributed by atoms with van der Waals surface area (Å²) >= 11 is 5.72. The number of rotatable bonds is 6. The van der Waals surface area contributed by atoms with Gasteiger partial charge < -0.3 is 5.32 Å². The molecule has 0 aliphatic heterocycles. The number of anilines is 1. The molecule has 4 heteroatoms. The lowest BCUT2D eigenvalue weighted by molar-refractivity contribution is 0.582. The van der Waals surface area contributed by atoms with E-state index in [-0.39, 0.29) is 0 Å². The maximum absolute atomic E-state index is 5.72. The molecule has 1 heterocycles. The molecule has 0 saturated carbocycles. The van der Waals surface area contributed by atoms with E-state index < -0.39 is 0 Å². The number of aromatic nitrogens is 2. The Labute approximate surface area is 96.3 Å². The lowest BCUT2D eigenvalue weighted by atomic mass is 10.1. The Kier molecular flexibility index (Phi) is 5.40. The van der Waals surface area contributed by atoms with Crippen molar-refractivity contribution >= 4 is 17.5 Å². The van der Waals surface area contributed by atoms with Crippen molar-refractivity contribution < 1.29 is 0 Å². The Morgan fingerprint density at radius 1 is 1.20 bits per heavy atom. The van der Waals surface area contributed by atoms with Gasteiger partial charge in [-0.15, -0.1) is 0 Å². The number of hydrogen-bond donors (Lipinski definition) is 1. The van der Waals surface area contributed by atoms with Crippen LogP contribution in [0.1, 0.15) is 39.5 Å². The van der Waals surface area contributed by atoms with E-state index in [0.29, 0.717) is 17.0 Å². The Balaban J connectivity index is 2.53. The van der Waals surface area contributed by atoms with Crippen LogP contribution in [0.4, 0.5) is 5.95 Å². The Hall–Kier alpha value is -0.830. The summed E-state index contributed by atoms with van der Waals surface area (Å²) in [6, 6.07) is 0.473. The molecule has 0 aliphatic rings. The first-order chi connectivity index (χ1) is 7.26. The highest BCUT2D eigenvalue weighted by atomic mass is 35.5. The van der Waals surface area contributed by atoms with E-state index in [1.165, 1.54) is 12.8 Å². The minimum absolute atomic E-state index is 0.473. The Bertz CT molecular complexity index is 268. The minimum Gasteiger partial charge on any atom is -0.351 e. The second-order valence-corrected chi connectivity index (χ2v) is 4.08. The molecule has 0 spiro atoms. The summed E-state index contributed by atoms with van der Waals surface area (Å²) in [4.78, 5) is 8.26. The Morgan fingerprint density at radius 2 is 1.73 bits per heavy atom. The van der Waals surface area contributed by atoms with Gasteiger partial charge in [0.15, 0.2) is 0 Å². The predicted octanol–water partition coefficient (Wildman–Crippen LogP) is 3.51. The standard InChI is InChI=1S/C11H18ClN3/c1-3-5-10(6-4-2)15-11-13-7-9(12)8-14-11/h7-8,10H,3-6H2,1-2H3,(H,13,14,15). The first-order valence-electron chi connectivity index (χ1n) is 5.50. The third kappa shape index (κ3) is 4.47. The molecule has 1 N–H and O–H groups in total. The van der Waals surface area contributed by atoms with Crippen LogP contribution in [-0.2, 0) is 0 Å². The third-order valence-corrected chi connectivity index (χ3v) is 2.42. The molecule has 15 heavy (non-hydrogen) atoms. The van der Waals surface area contributed by atoms with Gasteiger partial charge in [0.05, 0.1) is 17.4 Å². The van der Waals surface area contributed by atoms with E-state index in [2.05, 4.69) is 29.1 Å². The normalized spacial score (nSPS) is 10.7. The zero-order valence-electron chi connectivity index (χ0n) is 9.33. The van der Waals surface area contributed by atoms with Crippen LogP contribution in [0.2, 0.25) is 5.02 Å². The van der Waals surface area contributed by atoms with Gasteiger partial charge in [0.25, 0.3) is 0 Å². The molecule has 0 bridgehead atoms. The van der Waals surface area contributed by atoms with E-state index in [1.807, 2.05) is 0 Å². The molecule has 0 fully saturated rings. The summed E-state index contributed by atoms with van der Waals surface area (Å²) in [7, 11) is 0. The predicted molar refractivity (Wildman–Crippen MR) is 64.3 cm³/mol. The molecule has 0 saturated heterocycles. The molecule has 84 valence electrons. The largest absolute Gasteiger partial charge is 0.351 e. The van der Waals surface area contributed by atoms with Crippen LogP contribution < -0.4 is 5.32 Å². The van der Waals surface area contributed by atoms with Crippen LogP contribution in [0.25, 0.3) is 0 Å². The third-order valence-electron chi connectivity index (χ3n) is 2.23. The van der Waals surface area contributed by atoms with E-state index in [9.17, 15) is 0 Å². The zero-order chi connectivity index (χ0) is 11.1. The van der Waals surface area contributed by atoms with Crippen LogP contribution in [-0.4, -0.2) is 16.0 Å². The van der Waals surface area contributed by atoms with Gasteiger partial charge in [0.2, 0.25) is 5.95 Å². The quantitative estimate of drug-likeness (QED) is 0.808. The van der Waals surface area contributed by atoms with Crippen LogP contribution in [0.3, 0.4) is 0 Å². The van der Waals surface area contributed by atoms with Crippen molar-refractivity contribution in [3.05, 3.63) is 17.4 Å². The van der Waals surface area contributed by atoms with Crippen molar-refractivity contribution in [2.75, 3.05) is 5.32 Å². The van der Waals surface area contributed by atoms with Crippen molar-refractivity contribution in [1.82, 2.24) is 9.97 Å². The number of halogens is 1. The second kappa shape index (κ2) is 6.62. The van der Waals surface area contributed by atoms with Gasteiger partial charge >= 0.3 is 0 Å². The van der Waals surface area contributed by atoms with Crippen molar-refractivity contribution in [2.24, 2.45) is 0 Å². The summed E-state index contributed by atoms with van der Waals surface area (Å²) in [5, 5.41) is 3.90. The molecule has 0 amide bonds. The van der Waals surface area contributed by atoms with Crippen molar-refractivity contribution in [3.63, 3.8) is 0 Å².